The van der Waals surface area contributed by atoms with Crippen molar-refractivity contribution in [3.8, 4) is 11.8 Å². The van der Waals surface area contributed by atoms with Crippen molar-refractivity contribution in [1.82, 2.24) is 13.9 Å². The summed E-state index contributed by atoms with van der Waals surface area (Å²) in [7, 11) is 1.77. The molecule has 2 fully saturated rings. The second kappa shape index (κ2) is 13.1. The number of amides is 1. The lowest BCUT2D eigenvalue weighted by molar-refractivity contribution is -0.113. The van der Waals surface area contributed by atoms with Gasteiger partial charge in [0.2, 0.25) is 0 Å². The smallest absolute Gasteiger partial charge is 0.296 e. The number of thiocarbonyl (C=S) groups is 1. The van der Waals surface area contributed by atoms with E-state index in [-0.39, 0.29) is 26.7 Å². The lowest BCUT2D eigenvalue weighted by atomic mass is 10.0. The second-order valence-electron chi connectivity index (χ2n) is 11.5. The fraction of sp³-hybridized carbons (Fsp3) is 0.286. The third-order valence-electron chi connectivity index (χ3n) is 8.81. The molecule has 240 valence electrons. The predicted molar refractivity (Wildman–Crippen MR) is 193 cm³/mol. The molecule has 0 spiro atoms. The van der Waals surface area contributed by atoms with Crippen molar-refractivity contribution < 1.29 is 4.79 Å². The van der Waals surface area contributed by atoms with Crippen LogP contribution in [0.25, 0.3) is 11.8 Å². The molecule has 6 rings (SSSR count). The standard InChI is InChI=1S/C35H35N7O3S2/c1-5-16-40-31(39-19-17-38(18-20-39)25-12-8-6-9-13-25)27(23(2)28(22-36)32(40)43)21-29-33(44)41(35(46)47-29)30-24(3)37(4)42(34(30)45)26-14-10-7-11-15-26/h6-15,21H,5,16-20H2,1-4H3. The quantitative estimate of drug-likeness (QED) is 0.202. The van der Waals surface area contributed by atoms with E-state index in [0.29, 0.717) is 59.3 Å². The highest BCUT2D eigenvalue weighted by atomic mass is 32.2. The van der Waals surface area contributed by atoms with Gasteiger partial charge in [0.1, 0.15) is 23.1 Å². The molecule has 0 bridgehead atoms. The van der Waals surface area contributed by atoms with E-state index in [1.54, 1.807) is 36.2 Å². The Morgan fingerprint density at radius 2 is 1.49 bits per heavy atom. The molecular weight excluding hydrogens is 631 g/mol. The number of piperazine rings is 1. The molecule has 0 aliphatic carbocycles. The minimum atomic E-state index is -0.419. The predicted octanol–water partition coefficient (Wildman–Crippen LogP) is 4.97. The molecule has 2 saturated heterocycles. The Balaban J connectivity index is 1.44. The van der Waals surface area contributed by atoms with Crippen LogP contribution < -0.4 is 25.8 Å². The van der Waals surface area contributed by atoms with Crippen LogP contribution in [-0.4, -0.2) is 50.3 Å². The number of aromatic nitrogens is 3. The lowest BCUT2D eigenvalue weighted by Crippen LogP contribution is -2.48. The number of thioether (sulfide) groups is 1. The molecule has 4 heterocycles. The first-order valence-electron chi connectivity index (χ1n) is 15.5. The normalized spacial score (nSPS) is 16.0. The molecule has 0 atom stereocenters. The number of para-hydroxylation sites is 2. The van der Waals surface area contributed by atoms with Gasteiger partial charge >= 0.3 is 0 Å². The van der Waals surface area contributed by atoms with E-state index in [4.69, 9.17) is 12.2 Å². The second-order valence-corrected chi connectivity index (χ2v) is 13.2. The van der Waals surface area contributed by atoms with E-state index >= 15 is 0 Å². The summed E-state index contributed by atoms with van der Waals surface area (Å²) in [6, 6.07) is 21.6. The first-order valence-corrected chi connectivity index (χ1v) is 16.7. The van der Waals surface area contributed by atoms with Gasteiger partial charge in [0.05, 0.1) is 16.3 Å². The summed E-state index contributed by atoms with van der Waals surface area (Å²) in [4.78, 5) is 47.8. The number of hydrogen-bond acceptors (Lipinski definition) is 8. The highest BCUT2D eigenvalue weighted by Gasteiger charge is 2.38. The van der Waals surface area contributed by atoms with Crippen LogP contribution in [0, 0.1) is 25.2 Å². The summed E-state index contributed by atoms with van der Waals surface area (Å²) in [6.45, 7) is 8.73. The van der Waals surface area contributed by atoms with Crippen LogP contribution in [0.2, 0.25) is 0 Å². The Hall–Kier alpha value is -4.86. The monoisotopic (exact) mass is 665 g/mol. The largest absolute Gasteiger partial charge is 0.368 e. The van der Waals surface area contributed by atoms with E-state index in [2.05, 4.69) is 28.0 Å². The maximum absolute atomic E-state index is 14.2. The maximum Gasteiger partial charge on any atom is 0.296 e. The molecular formula is C35H35N7O3S2. The van der Waals surface area contributed by atoms with Crippen molar-refractivity contribution in [2.24, 2.45) is 7.05 Å². The number of pyridine rings is 1. The van der Waals surface area contributed by atoms with E-state index < -0.39 is 5.91 Å². The van der Waals surface area contributed by atoms with Crippen molar-refractivity contribution in [2.75, 3.05) is 40.9 Å². The molecule has 4 aromatic rings. The molecule has 2 aromatic carbocycles. The van der Waals surface area contributed by atoms with Crippen molar-refractivity contribution in [3.05, 3.63) is 109 Å². The van der Waals surface area contributed by atoms with Crippen LogP contribution in [-0.2, 0) is 18.4 Å². The van der Waals surface area contributed by atoms with Gasteiger partial charge in [-0.15, -0.1) is 0 Å². The Kier molecular flexibility index (Phi) is 8.94. The van der Waals surface area contributed by atoms with Crippen molar-refractivity contribution in [2.45, 2.75) is 33.7 Å². The Bertz CT molecular complexity index is 2070. The summed E-state index contributed by atoms with van der Waals surface area (Å²) in [5.41, 5.74) is 3.11. The Morgan fingerprint density at radius 1 is 0.894 bits per heavy atom. The summed E-state index contributed by atoms with van der Waals surface area (Å²) in [5.74, 6) is 0.269. The van der Waals surface area contributed by atoms with Crippen LogP contribution >= 0.6 is 24.0 Å². The van der Waals surface area contributed by atoms with Gasteiger partial charge in [-0.05, 0) is 56.2 Å². The van der Waals surface area contributed by atoms with Crippen molar-refractivity contribution in [1.29, 1.82) is 5.26 Å². The average molecular weight is 666 g/mol. The minimum absolute atomic E-state index is 0.0523. The zero-order valence-corrected chi connectivity index (χ0v) is 28.4. The Labute approximate surface area is 282 Å². The fourth-order valence-corrected chi connectivity index (χ4v) is 7.59. The summed E-state index contributed by atoms with van der Waals surface area (Å²) < 4.78 is 5.15. The van der Waals surface area contributed by atoms with Crippen LogP contribution in [0.1, 0.15) is 35.7 Å². The molecule has 0 unspecified atom stereocenters. The lowest BCUT2D eigenvalue weighted by Gasteiger charge is -2.39. The molecule has 1 amide bonds. The van der Waals surface area contributed by atoms with Gasteiger partial charge in [-0.2, -0.15) is 5.26 Å². The van der Waals surface area contributed by atoms with E-state index in [9.17, 15) is 19.6 Å². The first-order chi connectivity index (χ1) is 22.7. The van der Waals surface area contributed by atoms with Crippen LogP contribution in [0.5, 0.6) is 0 Å². The zero-order chi connectivity index (χ0) is 33.4. The number of hydrogen-bond donors (Lipinski definition) is 0. The van der Waals surface area contributed by atoms with Gasteiger partial charge in [0.15, 0.2) is 4.32 Å². The fourth-order valence-electron chi connectivity index (χ4n) is 6.33. The SMILES string of the molecule is CCCn1c(N2CCN(c3ccccc3)CC2)c(C=C2SC(=S)N(c3c(C)n(C)n(-c4ccccc4)c3=O)C2=O)c(C)c(C#N)c1=O. The Morgan fingerprint density at radius 3 is 2.09 bits per heavy atom. The number of benzene rings is 2. The number of anilines is 3. The number of carbonyl (C=O) groups is 1. The van der Waals surface area contributed by atoms with Crippen LogP contribution in [0.4, 0.5) is 17.2 Å². The van der Waals surface area contributed by atoms with E-state index in [1.165, 1.54) is 9.58 Å². The van der Waals surface area contributed by atoms with Gasteiger partial charge in [0.25, 0.3) is 17.0 Å². The third-order valence-corrected chi connectivity index (χ3v) is 10.1. The highest BCUT2D eigenvalue weighted by molar-refractivity contribution is 8.27. The molecule has 2 aliphatic heterocycles. The van der Waals surface area contributed by atoms with Gasteiger partial charge in [-0.25, -0.2) is 4.68 Å². The molecule has 10 nitrogen and oxygen atoms in total. The molecule has 2 aromatic heterocycles. The van der Waals surface area contributed by atoms with Crippen LogP contribution in [0.3, 0.4) is 0 Å². The minimum Gasteiger partial charge on any atom is -0.368 e. The number of rotatable bonds is 7. The zero-order valence-electron chi connectivity index (χ0n) is 26.8. The van der Waals surface area contributed by atoms with Crippen molar-refractivity contribution in [3.63, 3.8) is 0 Å². The highest BCUT2D eigenvalue weighted by Crippen LogP contribution is 2.39. The topological polar surface area (TPSA) is 99.5 Å². The number of nitriles is 1. The first kappa shape index (κ1) is 32.1. The summed E-state index contributed by atoms with van der Waals surface area (Å²) in [5, 5.41) is 10.1. The van der Waals surface area contributed by atoms with E-state index in [1.807, 2.05) is 55.5 Å². The third kappa shape index (κ3) is 5.59. The molecule has 2 aliphatic rings. The van der Waals surface area contributed by atoms with Gasteiger partial charge in [0, 0.05) is 51.0 Å². The van der Waals surface area contributed by atoms with Gasteiger partial charge < -0.3 is 9.80 Å². The molecule has 0 radical (unpaired) electrons. The van der Waals surface area contributed by atoms with Gasteiger partial charge in [-0.3, -0.25) is 28.5 Å². The average Bonchev–Trinajstić information content (AvgIpc) is 3.48. The molecule has 0 saturated carbocycles. The van der Waals surface area contributed by atoms with Crippen molar-refractivity contribution >= 4 is 57.5 Å². The molecule has 12 heteroatoms. The summed E-state index contributed by atoms with van der Waals surface area (Å²) >= 11 is 6.83. The maximum atomic E-state index is 14.2. The number of carbonyl (C=O) groups excluding carboxylic acids is 1. The van der Waals surface area contributed by atoms with Crippen LogP contribution in [0.15, 0.2) is 75.2 Å². The number of nitrogens with zero attached hydrogens (tertiary/aromatic N) is 7. The summed E-state index contributed by atoms with van der Waals surface area (Å²) in [6.07, 6.45) is 2.43. The molecule has 0 N–H and O–H groups in total. The molecule has 47 heavy (non-hydrogen) atoms. The van der Waals surface area contributed by atoms with E-state index in [0.717, 1.165) is 30.5 Å². The van der Waals surface area contributed by atoms with Gasteiger partial charge in [-0.1, -0.05) is 67.3 Å².